The Morgan fingerprint density at radius 3 is 3.00 bits per heavy atom. The first-order valence-corrected chi connectivity index (χ1v) is 6.98. The summed E-state index contributed by atoms with van der Waals surface area (Å²) in [6, 6.07) is 2.60. The van der Waals surface area contributed by atoms with E-state index in [2.05, 4.69) is 34.5 Å². The standard InChI is InChI=1S/C15H21N3O/c1-12-7-13(19-10-12)9-18-6-4-3-5-14(18)15-8-16-11-17(15)2/h7-8,10-11,14H,3-6,9H2,1-2H3. The Kier molecular flexibility index (Phi) is 3.42. The maximum Gasteiger partial charge on any atom is 0.118 e. The Balaban J connectivity index is 1.79. The highest BCUT2D eigenvalue weighted by Gasteiger charge is 2.26. The van der Waals surface area contributed by atoms with Crippen molar-refractivity contribution in [2.75, 3.05) is 6.54 Å². The molecule has 0 radical (unpaired) electrons. The quantitative estimate of drug-likeness (QED) is 0.849. The lowest BCUT2D eigenvalue weighted by Gasteiger charge is -2.35. The van der Waals surface area contributed by atoms with Crippen LogP contribution in [0.2, 0.25) is 0 Å². The van der Waals surface area contributed by atoms with Crippen LogP contribution in [0.25, 0.3) is 0 Å². The maximum absolute atomic E-state index is 5.60. The summed E-state index contributed by atoms with van der Waals surface area (Å²) in [5.74, 6) is 1.06. The van der Waals surface area contributed by atoms with E-state index in [1.807, 2.05) is 18.8 Å². The smallest absolute Gasteiger partial charge is 0.118 e. The molecule has 0 N–H and O–H groups in total. The molecule has 1 unspecified atom stereocenters. The van der Waals surface area contributed by atoms with E-state index in [9.17, 15) is 0 Å². The van der Waals surface area contributed by atoms with E-state index < -0.39 is 0 Å². The summed E-state index contributed by atoms with van der Waals surface area (Å²) in [6.07, 6.45) is 9.49. The number of likely N-dealkylation sites (tertiary alicyclic amines) is 1. The van der Waals surface area contributed by atoms with Gasteiger partial charge in [-0.2, -0.15) is 0 Å². The highest BCUT2D eigenvalue weighted by Crippen LogP contribution is 2.31. The lowest BCUT2D eigenvalue weighted by atomic mass is 9.99. The average molecular weight is 259 g/mol. The Labute approximate surface area is 114 Å². The van der Waals surface area contributed by atoms with Crippen molar-refractivity contribution < 1.29 is 4.42 Å². The highest BCUT2D eigenvalue weighted by molar-refractivity contribution is 5.12. The van der Waals surface area contributed by atoms with Gasteiger partial charge in [-0.15, -0.1) is 0 Å². The molecule has 0 amide bonds. The molecule has 3 rings (SSSR count). The van der Waals surface area contributed by atoms with Crippen molar-refractivity contribution in [1.82, 2.24) is 14.5 Å². The molecule has 1 aliphatic heterocycles. The molecule has 1 atom stereocenters. The van der Waals surface area contributed by atoms with Crippen LogP contribution >= 0.6 is 0 Å². The zero-order valence-electron chi connectivity index (χ0n) is 11.7. The van der Waals surface area contributed by atoms with Crippen LogP contribution in [-0.2, 0) is 13.6 Å². The first-order chi connectivity index (χ1) is 9.24. The zero-order valence-corrected chi connectivity index (χ0v) is 11.7. The van der Waals surface area contributed by atoms with Gasteiger partial charge >= 0.3 is 0 Å². The van der Waals surface area contributed by atoms with Gasteiger partial charge in [0.25, 0.3) is 0 Å². The van der Waals surface area contributed by atoms with Gasteiger partial charge in [-0.3, -0.25) is 4.90 Å². The molecule has 19 heavy (non-hydrogen) atoms. The van der Waals surface area contributed by atoms with E-state index in [4.69, 9.17) is 4.42 Å². The third-order valence-electron chi connectivity index (χ3n) is 3.95. The average Bonchev–Trinajstić information content (AvgIpc) is 2.99. The normalized spacial score (nSPS) is 20.8. The van der Waals surface area contributed by atoms with E-state index in [-0.39, 0.29) is 0 Å². The predicted molar refractivity (Wildman–Crippen MR) is 73.7 cm³/mol. The number of piperidine rings is 1. The molecule has 4 heteroatoms. The van der Waals surface area contributed by atoms with Gasteiger partial charge in [0.15, 0.2) is 0 Å². The van der Waals surface area contributed by atoms with Crippen LogP contribution in [0, 0.1) is 6.92 Å². The van der Waals surface area contributed by atoms with Crippen molar-refractivity contribution in [1.29, 1.82) is 0 Å². The summed E-state index contributed by atoms with van der Waals surface area (Å²) in [4.78, 5) is 6.77. The van der Waals surface area contributed by atoms with E-state index in [0.29, 0.717) is 6.04 Å². The Morgan fingerprint density at radius 1 is 1.42 bits per heavy atom. The fourth-order valence-electron chi connectivity index (χ4n) is 2.98. The second-order valence-corrected chi connectivity index (χ2v) is 5.50. The van der Waals surface area contributed by atoms with Crippen molar-refractivity contribution in [3.63, 3.8) is 0 Å². The Hall–Kier alpha value is -1.55. The SMILES string of the molecule is Cc1coc(CN2CCCCC2c2cncn2C)c1. The first-order valence-electron chi connectivity index (χ1n) is 6.98. The fourth-order valence-corrected chi connectivity index (χ4v) is 2.98. The molecule has 0 aliphatic carbocycles. The van der Waals surface area contributed by atoms with E-state index in [1.165, 1.54) is 30.5 Å². The summed E-state index contributed by atoms with van der Waals surface area (Å²) in [5, 5.41) is 0. The molecule has 1 saturated heterocycles. The van der Waals surface area contributed by atoms with Crippen LogP contribution in [0.5, 0.6) is 0 Å². The summed E-state index contributed by atoms with van der Waals surface area (Å²) in [6.45, 7) is 4.10. The van der Waals surface area contributed by atoms with Crippen LogP contribution in [-0.4, -0.2) is 21.0 Å². The molecule has 102 valence electrons. The second-order valence-electron chi connectivity index (χ2n) is 5.50. The molecule has 1 fully saturated rings. The second kappa shape index (κ2) is 5.21. The van der Waals surface area contributed by atoms with Gasteiger partial charge in [0.2, 0.25) is 0 Å². The summed E-state index contributed by atoms with van der Waals surface area (Å²) < 4.78 is 7.73. The molecule has 3 heterocycles. The lowest BCUT2D eigenvalue weighted by molar-refractivity contribution is 0.125. The van der Waals surface area contributed by atoms with Gasteiger partial charge in [0.1, 0.15) is 5.76 Å². The van der Waals surface area contributed by atoms with Crippen LogP contribution in [0.15, 0.2) is 29.3 Å². The Bertz CT molecular complexity index is 543. The molecule has 1 aliphatic rings. The van der Waals surface area contributed by atoms with Gasteiger partial charge in [-0.25, -0.2) is 4.98 Å². The minimum Gasteiger partial charge on any atom is -0.468 e. The van der Waals surface area contributed by atoms with E-state index >= 15 is 0 Å². The molecule has 2 aromatic rings. The number of aromatic nitrogens is 2. The van der Waals surface area contributed by atoms with Crippen molar-refractivity contribution in [2.24, 2.45) is 7.05 Å². The third kappa shape index (κ3) is 2.59. The van der Waals surface area contributed by atoms with E-state index in [0.717, 1.165) is 18.8 Å². The lowest BCUT2D eigenvalue weighted by Crippen LogP contribution is -2.33. The molecule has 0 aromatic carbocycles. The molecule has 4 nitrogen and oxygen atoms in total. The number of nitrogens with zero attached hydrogens (tertiary/aromatic N) is 3. The molecule has 0 saturated carbocycles. The van der Waals surface area contributed by atoms with Crippen molar-refractivity contribution >= 4 is 0 Å². The topological polar surface area (TPSA) is 34.2 Å². The number of furan rings is 1. The predicted octanol–water partition coefficient (Wildman–Crippen LogP) is 3.05. The number of hydrogen-bond acceptors (Lipinski definition) is 3. The van der Waals surface area contributed by atoms with Crippen LogP contribution in [0.3, 0.4) is 0 Å². The van der Waals surface area contributed by atoms with Crippen molar-refractivity contribution in [3.8, 4) is 0 Å². The number of aryl methyl sites for hydroxylation is 2. The van der Waals surface area contributed by atoms with Gasteiger partial charge in [0.05, 0.1) is 30.9 Å². The molecule has 0 bridgehead atoms. The fraction of sp³-hybridized carbons (Fsp3) is 0.533. The minimum absolute atomic E-state index is 0.464. The highest BCUT2D eigenvalue weighted by atomic mass is 16.3. The zero-order chi connectivity index (χ0) is 13.2. The van der Waals surface area contributed by atoms with Crippen LogP contribution < -0.4 is 0 Å². The number of imidazole rings is 1. The monoisotopic (exact) mass is 259 g/mol. The number of hydrogen-bond donors (Lipinski definition) is 0. The Morgan fingerprint density at radius 2 is 2.32 bits per heavy atom. The summed E-state index contributed by atoms with van der Waals surface area (Å²) >= 11 is 0. The van der Waals surface area contributed by atoms with Gasteiger partial charge < -0.3 is 8.98 Å². The minimum atomic E-state index is 0.464. The van der Waals surface area contributed by atoms with Crippen LogP contribution in [0.4, 0.5) is 0 Å². The van der Waals surface area contributed by atoms with E-state index in [1.54, 1.807) is 0 Å². The molecule has 2 aromatic heterocycles. The van der Waals surface area contributed by atoms with Crippen molar-refractivity contribution in [2.45, 2.75) is 38.8 Å². The third-order valence-corrected chi connectivity index (χ3v) is 3.95. The largest absolute Gasteiger partial charge is 0.468 e. The van der Waals surface area contributed by atoms with Gasteiger partial charge in [-0.1, -0.05) is 6.42 Å². The van der Waals surface area contributed by atoms with Gasteiger partial charge in [0, 0.05) is 13.2 Å². The van der Waals surface area contributed by atoms with Crippen LogP contribution in [0.1, 0.15) is 42.3 Å². The number of rotatable bonds is 3. The molecule has 0 spiro atoms. The molecular weight excluding hydrogens is 238 g/mol. The molecular formula is C15H21N3O. The summed E-state index contributed by atoms with van der Waals surface area (Å²) in [5.41, 5.74) is 2.51. The summed E-state index contributed by atoms with van der Waals surface area (Å²) in [7, 11) is 2.08. The van der Waals surface area contributed by atoms with Crippen molar-refractivity contribution in [3.05, 3.63) is 41.9 Å². The maximum atomic E-state index is 5.60. The first kappa shape index (κ1) is 12.5. The van der Waals surface area contributed by atoms with Gasteiger partial charge in [-0.05, 0) is 37.9 Å².